The van der Waals surface area contributed by atoms with Crippen LogP contribution in [0.3, 0.4) is 0 Å². The van der Waals surface area contributed by atoms with Gasteiger partial charge in [0, 0.05) is 36.8 Å². The van der Waals surface area contributed by atoms with E-state index in [1.165, 1.54) is 0 Å². The highest BCUT2D eigenvalue weighted by Gasteiger charge is 2.20. The highest BCUT2D eigenvalue weighted by molar-refractivity contribution is 6.30. The van der Waals surface area contributed by atoms with Crippen molar-refractivity contribution in [2.24, 2.45) is 0 Å². The van der Waals surface area contributed by atoms with Crippen LogP contribution in [-0.4, -0.2) is 48.9 Å². The molecule has 1 heterocycles. The van der Waals surface area contributed by atoms with E-state index in [1.54, 1.807) is 12.1 Å². The number of hydrogen-bond donors (Lipinski definition) is 0. The standard InChI is InChI=1S/C12H15ClN2O.ClH/c1-14-5-7-15(8-6-14)12(16)10-3-2-4-11(13)9-10;/h2-4,9H,5-8H2,1H3;1H. The first-order valence-electron chi connectivity index (χ1n) is 5.40. The number of rotatable bonds is 1. The molecule has 1 aliphatic rings. The summed E-state index contributed by atoms with van der Waals surface area (Å²) in [6, 6.07) is 7.13. The van der Waals surface area contributed by atoms with Gasteiger partial charge in [-0.2, -0.15) is 0 Å². The Morgan fingerprint density at radius 2 is 1.88 bits per heavy atom. The zero-order chi connectivity index (χ0) is 11.5. The first-order valence-corrected chi connectivity index (χ1v) is 5.78. The van der Waals surface area contributed by atoms with Crippen LogP contribution in [0.2, 0.25) is 5.02 Å². The lowest BCUT2D eigenvalue weighted by Gasteiger charge is -2.32. The molecule has 1 fully saturated rings. The summed E-state index contributed by atoms with van der Waals surface area (Å²) >= 11 is 5.87. The van der Waals surface area contributed by atoms with Gasteiger partial charge in [0.15, 0.2) is 0 Å². The van der Waals surface area contributed by atoms with Crippen molar-refractivity contribution in [2.75, 3.05) is 33.2 Å². The second kappa shape index (κ2) is 6.24. The summed E-state index contributed by atoms with van der Waals surface area (Å²) in [4.78, 5) is 16.2. The van der Waals surface area contributed by atoms with Crippen LogP contribution >= 0.6 is 24.0 Å². The van der Waals surface area contributed by atoms with E-state index in [4.69, 9.17) is 11.6 Å². The third-order valence-corrected chi connectivity index (χ3v) is 3.10. The minimum absolute atomic E-state index is 0. The van der Waals surface area contributed by atoms with Gasteiger partial charge in [0.25, 0.3) is 5.91 Å². The molecule has 5 heteroatoms. The van der Waals surface area contributed by atoms with Crippen LogP contribution in [-0.2, 0) is 0 Å². The molecule has 0 atom stereocenters. The van der Waals surface area contributed by atoms with Crippen LogP contribution in [0.1, 0.15) is 10.4 Å². The molecule has 17 heavy (non-hydrogen) atoms. The van der Waals surface area contributed by atoms with Gasteiger partial charge in [0.2, 0.25) is 0 Å². The van der Waals surface area contributed by atoms with E-state index < -0.39 is 0 Å². The number of hydrogen-bond acceptors (Lipinski definition) is 2. The molecule has 0 aliphatic carbocycles. The highest BCUT2D eigenvalue weighted by atomic mass is 35.5. The summed E-state index contributed by atoms with van der Waals surface area (Å²) in [6.07, 6.45) is 0. The van der Waals surface area contributed by atoms with Gasteiger partial charge in [-0.3, -0.25) is 4.79 Å². The van der Waals surface area contributed by atoms with Crippen LogP contribution in [0, 0.1) is 0 Å². The fourth-order valence-corrected chi connectivity index (χ4v) is 2.00. The van der Waals surface area contributed by atoms with Gasteiger partial charge in [0.05, 0.1) is 0 Å². The average molecular weight is 275 g/mol. The fourth-order valence-electron chi connectivity index (χ4n) is 1.81. The molecule has 1 aliphatic heterocycles. The Balaban J connectivity index is 0.00000144. The van der Waals surface area contributed by atoms with Crippen molar-refractivity contribution in [1.29, 1.82) is 0 Å². The molecular weight excluding hydrogens is 259 g/mol. The summed E-state index contributed by atoms with van der Waals surface area (Å²) in [6.45, 7) is 3.46. The lowest BCUT2D eigenvalue weighted by molar-refractivity contribution is 0.0664. The van der Waals surface area contributed by atoms with E-state index in [0.29, 0.717) is 10.6 Å². The molecule has 3 nitrogen and oxygen atoms in total. The Kier molecular flexibility index (Phi) is 5.25. The van der Waals surface area contributed by atoms with Crippen LogP contribution in [0.15, 0.2) is 24.3 Å². The summed E-state index contributed by atoms with van der Waals surface area (Å²) in [5.74, 6) is 0.0793. The van der Waals surface area contributed by atoms with E-state index >= 15 is 0 Å². The number of carbonyl (C=O) groups is 1. The van der Waals surface area contributed by atoms with Crippen molar-refractivity contribution in [3.05, 3.63) is 34.9 Å². The molecule has 0 unspecified atom stereocenters. The van der Waals surface area contributed by atoms with Crippen LogP contribution in [0.4, 0.5) is 0 Å². The topological polar surface area (TPSA) is 23.6 Å². The molecule has 94 valence electrons. The third-order valence-electron chi connectivity index (χ3n) is 2.86. The second-order valence-corrected chi connectivity index (χ2v) is 4.54. The largest absolute Gasteiger partial charge is 0.336 e. The molecule has 1 aromatic carbocycles. The summed E-state index contributed by atoms with van der Waals surface area (Å²) < 4.78 is 0. The van der Waals surface area contributed by atoms with E-state index in [0.717, 1.165) is 26.2 Å². The first-order chi connectivity index (χ1) is 7.66. The van der Waals surface area contributed by atoms with Crippen LogP contribution < -0.4 is 0 Å². The number of carbonyl (C=O) groups excluding carboxylic acids is 1. The number of halogens is 2. The fraction of sp³-hybridized carbons (Fsp3) is 0.417. The third kappa shape index (κ3) is 3.60. The number of amides is 1. The molecule has 0 saturated carbocycles. The summed E-state index contributed by atoms with van der Waals surface area (Å²) in [7, 11) is 2.07. The molecule has 1 saturated heterocycles. The Labute approximate surface area is 113 Å². The van der Waals surface area contributed by atoms with Crippen molar-refractivity contribution < 1.29 is 4.79 Å². The van der Waals surface area contributed by atoms with Crippen molar-refractivity contribution in [2.45, 2.75) is 0 Å². The summed E-state index contributed by atoms with van der Waals surface area (Å²) in [5.41, 5.74) is 0.678. The summed E-state index contributed by atoms with van der Waals surface area (Å²) in [5, 5.41) is 0.611. The van der Waals surface area contributed by atoms with E-state index in [9.17, 15) is 4.79 Å². The lowest BCUT2D eigenvalue weighted by atomic mass is 10.2. The van der Waals surface area contributed by atoms with E-state index in [-0.39, 0.29) is 18.3 Å². The molecule has 0 radical (unpaired) electrons. The smallest absolute Gasteiger partial charge is 0.253 e. The molecule has 0 aromatic heterocycles. The quantitative estimate of drug-likeness (QED) is 0.784. The van der Waals surface area contributed by atoms with E-state index in [1.807, 2.05) is 17.0 Å². The lowest BCUT2D eigenvalue weighted by Crippen LogP contribution is -2.47. The molecule has 1 aromatic rings. The number of likely N-dealkylation sites (N-methyl/N-ethyl adjacent to an activating group) is 1. The second-order valence-electron chi connectivity index (χ2n) is 4.11. The predicted octanol–water partition coefficient (Wildman–Crippen LogP) is 2.15. The van der Waals surface area contributed by atoms with Gasteiger partial charge in [-0.1, -0.05) is 17.7 Å². The molecule has 0 N–H and O–H groups in total. The van der Waals surface area contributed by atoms with Gasteiger partial charge in [-0.05, 0) is 25.2 Å². The van der Waals surface area contributed by atoms with Crippen molar-refractivity contribution in [3.8, 4) is 0 Å². The Morgan fingerprint density at radius 1 is 1.24 bits per heavy atom. The molecule has 1 amide bonds. The molecule has 0 spiro atoms. The van der Waals surface area contributed by atoms with Crippen molar-refractivity contribution in [3.63, 3.8) is 0 Å². The average Bonchev–Trinajstić information content (AvgIpc) is 2.29. The maximum atomic E-state index is 12.1. The minimum atomic E-state index is 0. The SMILES string of the molecule is CN1CCN(C(=O)c2cccc(Cl)c2)CC1.Cl. The molecule has 2 rings (SSSR count). The van der Waals surface area contributed by atoms with Gasteiger partial charge in [-0.15, -0.1) is 12.4 Å². The Morgan fingerprint density at radius 3 is 2.47 bits per heavy atom. The van der Waals surface area contributed by atoms with Crippen LogP contribution in [0.25, 0.3) is 0 Å². The van der Waals surface area contributed by atoms with Gasteiger partial charge in [-0.25, -0.2) is 0 Å². The van der Waals surface area contributed by atoms with Gasteiger partial charge < -0.3 is 9.80 Å². The van der Waals surface area contributed by atoms with Crippen LogP contribution in [0.5, 0.6) is 0 Å². The Hall–Kier alpha value is -0.770. The minimum Gasteiger partial charge on any atom is -0.336 e. The maximum absolute atomic E-state index is 12.1. The van der Waals surface area contributed by atoms with Gasteiger partial charge in [0.1, 0.15) is 0 Å². The zero-order valence-corrected chi connectivity index (χ0v) is 11.3. The Bertz CT molecular complexity index is 390. The van der Waals surface area contributed by atoms with Crippen molar-refractivity contribution in [1.82, 2.24) is 9.80 Å². The normalized spacial score (nSPS) is 16.5. The number of piperazine rings is 1. The first kappa shape index (κ1) is 14.3. The molecular formula is C12H16Cl2N2O. The maximum Gasteiger partial charge on any atom is 0.253 e. The zero-order valence-electron chi connectivity index (χ0n) is 9.73. The van der Waals surface area contributed by atoms with E-state index in [2.05, 4.69) is 11.9 Å². The monoisotopic (exact) mass is 274 g/mol. The number of nitrogens with zero attached hydrogens (tertiary/aromatic N) is 2. The predicted molar refractivity (Wildman–Crippen MR) is 72.1 cm³/mol. The molecule has 0 bridgehead atoms. The highest BCUT2D eigenvalue weighted by Crippen LogP contribution is 2.13. The number of benzene rings is 1. The van der Waals surface area contributed by atoms with Gasteiger partial charge >= 0.3 is 0 Å². The van der Waals surface area contributed by atoms with Crippen molar-refractivity contribution >= 4 is 29.9 Å².